The van der Waals surface area contributed by atoms with E-state index in [1.54, 1.807) is 0 Å². The Bertz CT molecular complexity index is 1000. The van der Waals surface area contributed by atoms with E-state index in [2.05, 4.69) is 58.0 Å². The lowest BCUT2D eigenvalue weighted by Crippen LogP contribution is -2.25. The van der Waals surface area contributed by atoms with Crippen LogP contribution in [0, 0.1) is 13.8 Å². The summed E-state index contributed by atoms with van der Waals surface area (Å²) in [5, 5.41) is 5.97. The number of hydrogen-bond acceptors (Lipinski definition) is 3. The topological polar surface area (TPSA) is 40.1 Å². The molecule has 1 saturated carbocycles. The second-order valence-corrected chi connectivity index (χ2v) is 9.11. The van der Waals surface area contributed by atoms with Crippen molar-refractivity contribution in [3.63, 3.8) is 0 Å². The quantitative estimate of drug-likeness (QED) is 0.653. The highest BCUT2D eigenvalue weighted by molar-refractivity contribution is 5.81. The summed E-state index contributed by atoms with van der Waals surface area (Å²) < 4.78 is 2.02. The number of benzene rings is 1. The second-order valence-electron chi connectivity index (χ2n) is 9.11. The van der Waals surface area contributed by atoms with E-state index in [4.69, 9.17) is 0 Å². The minimum atomic E-state index is 0.724. The molecule has 1 N–H and O–H groups in total. The SMILES string of the molecule is Cc1nn(C)c(C)c1CN(Cc1ccc2[nH]c(CN3CCCC3)cc2c1)C1CC1. The third kappa shape index (κ3) is 3.99. The van der Waals surface area contributed by atoms with Gasteiger partial charge in [0.1, 0.15) is 0 Å². The molecule has 3 aromatic rings. The van der Waals surface area contributed by atoms with Crippen LogP contribution in [-0.2, 0) is 26.7 Å². The molecule has 5 rings (SSSR count). The van der Waals surface area contributed by atoms with Gasteiger partial charge in [-0.2, -0.15) is 5.10 Å². The lowest BCUT2D eigenvalue weighted by Gasteiger charge is -2.22. The zero-order valence-corrected chi connectivity index (χ0v) is 18.0. The Kier molecular flexibility index (Phi) is 4.96. The summed E-state index contributed by atoms with van der Waals surface area (Å²) in [5.74, 6) is 0. The largest absolute Gasteiger partial charge is 0.357 e. The molecule has 2 fully saturated rings. The predicted molar refractivity (Wildman–Crippen MR) is 118 cm³/mol. The zero-order valence-electron chi connectivity index (χ0n) is 18.0. The highest BCUT2D eigenvalue weighted by Crippen LogP contribution is 2.31. The van der Waals surface area contributed by atoms with E-state index >= 15 is 0 Å². The fourth-order valence-electron chi connectivity index (χ4n) is 4.85. The summed E-state index contributed by atoms with van der Waals surface area (Å²) in [4.78, 5) is 8.83. The average Bonchev–Trinajstić information content (AvgIpc) is 3.18. The van der Waals surface area contributed by atoms with Gasteiger partial charge in [0.2, 0.25) is 0 Å². The van der Waals surface area contributed by atoms with E-state index in [0.29, 0.717) is 0 Å². The van der Waals surface area contributed by atoms with E-state index in [0.717, 1.165) is 25.7 Å². The second kappa shape index (κ2) is 7.62. The highest BCUT2D eigenvalue weighted by atomic mass is 15.3. The predicted octanol–water partition coefficient (Wildman–Crippen LogP) is 4.28. The molecule has 0 bridgehead atoms. The molecule has 0 spiro atoms. The summed E-state index contributed by atoms with van der Waals surface area (Å²) in [6, 6.07) is 10.0. The third-order valence-corrected chi connectivity index (χ3v) is 6.80. The van der Waals surface area contributed by atoms with Crippen molar-refractivity contribution in [2.75, 3.05) is 13.1 Å². The number of rotatable bonds is 7. The van der Waals surface area contributed by atoms with Crippen LogP contribution in [0.4, 0.5) is 0 Å². The molecule has 29 heavy (non-hydrogen) atoms. The summed E-state index contributed by atoms with van der Waals surface area (Å²) in [6.45, 7) is 9.88. The van der Waals surface area contributed by atoms with Gasteiger partial charge in [-0.25, -0.2) is 0 Å². The molecule has 0 atom stereocenters. The fraction of sp³-hybridized carbons (Fsp3) is 0.542. The van der Waals surface area contributed by atoms with E-state index in [-0.39, 0.29) is 0 Å². The van der Waals surface area contributed by atoms with Crippen molar-refractivity contribution < 1.29 is 0 Å². The highest BCUT2D eigenvalue weighted by Gasteiger charge is 2.30. The zero-order chi connectivity index (χ0) is 20.0. The molecule has 1 saturated heterocycles. The summed E-state index contributed by atoms with van der Waals surface area (Å²) in [7, 11) is 2.05. The van der Waals surface area contributed by atoms with Crippen molar-refractivity contribution in [1.29, 1.82) is 0 Å². The Labute approximate surface area is 173 Å². The van der Waals surface area contributed by atoms with Crippen LogP contribution in [0.25, 0.3) is 10.9 Å². The van der Waals surface area contributed by atoms with E-state index in [9.17, 15) is 0 Å². The summed E-state index contributed by atoms with van der Waals surface area (Å²) in [6.07, 6.45) is 5.34. The summed E-state index contributed by atoms with van der Waals surface area (Å²) >= 11 is 0. The number of fused-ring (bicyclic) bond motifs is 1. The van der Waals surface area contributed by atoms with Crippen LogP contribution in [0.2, 0.25) is 0 Å². The number of nitrogens with zero attached hydrogens (tertiary/aromatic N) is 4. The maximum atomic E-state index is 4.62. The average molecular weight is 392 g/mol. The number of H-pyrrole nitrogens is 1. The molecule has 5 nitrogen and oxygen atoms in total. The molecular formula is C24H33N5. The Hall–Kier alpha value is -2.11. The van der Waals surface area contributed by atoms with E-state index in [1.807, 2.05) is 11.7 Å². The monoisotopic (exact) mass is 391 g/mol. The molecule has 0 amide bonds. The number of nitrogens with one attached hydrogen (secondary N) is 1. The molecule has 2 aromatic heterocycles. The fourth-order valence-corrected chi connectivity index (χ4v) is 4.85. The van der Waals surface area contributed by atoms with Gasteiger partial charge in [-0.3, -0.25) is 14.5 Å². The lowest BCUT2D eigenvalue weighted by atomic mass is 10.1. The normalized spacial score (nSPS) is 17.8. The molecule has 0 unspecified atom stereocenters. The van der Waals surface area contributed by atoms with Crippen LogP contribution in [0.1, 0.15) is 53.9 Å². The van der Waals surface area contributed by atoms with Gasteiger partial charge in [0.05, 0.1) is 5.69 Å². The Morgan fingerprint density at radius 1 is 1.10 bits per heavy atom. The van der Waals surface area contributed by atoms with E-state index < -0.39 is 0 Å². The van der Waals surface area contributed by atoms with Gasteiger partial charge >= 0.3 is 0 Å². The van der Waals surface area contributed by atoms with Crippen molar-refractivity contribution >= 4 is 10.9 Å². The Morgan fingerprint density at radius 2 is 1.90 bits per heavy atom. The van der Waals surface area contributed by atoms with Gasteiger partial charge in [0.15, 0.2) is 0 Å². The van der Waals surface area contributed by atoms with Crippen molar-refractivity contribution in [3.05, 3.63) is 52.5 Å². The minimum Gasteiger partial charge on any atom is -0.357 e. The van der Waals surface area contributed by atoms with E-state index in [1.165, 1.54) is 77.9 Å². The van der Waals surface area contributed by atoms with Crippen molar-refractivity contribution in [3.8, 4) is 0 Å². The molecule has 1 aliphatic heterocycles. The van der Waals surface area contributed by atoms with Crippen LogP contribution in [-0.4, -0.2) is 43.7 Å². The third-order valence-electron chi connectivity index (χ3n) is 6.80. The molecule has 154 valence electrons. The van der Waals surface area contributed by atoms with Gasteiger partial charge in [-0.05, 0) is 76.4 Å². The maximum Gasteiger partial charge on any atom is 0.0641 e. The first-order valence-electron chi connectivity index (χ1n) is 11.1. The van der Waals surface area contributed by atoms with Crippen LogP contribution >= 0.6 is 0 Å². The number of aromatic nitrogens is 3. The molecular weight excluding hydrogens is 358 g/mol. The van der Waals surface area contributed by atoms with Crippen LogP contribution < -0.4 is 0 Å². The molecule has 3 heterocycles. The number of aryl methyl sites for hydroxylation is 2. The first-order chi connectivity index (χ1) is 14.1. The van der Waals surface area contributed by atoms with Crippen molar-refractivity contribution in [1.82, 2.24) is 24.6 Å². The maximum absolute atomic E-state index is 4.62. The van der Waals surface area contributed by atoms with Crippen molar-refractivity contribution in [2.24, 2.45) is 7.05 Å². The van der Waals surface area contributed by atoms with Gasteiger partial charge in [-0.15, -0.1) is 0 Å². The Morgan fingerprint density at radius 3 is 2.59 bits per heavy atom. The minimum absolute atomic E-state index is 0.724. The molecule has 1 aromatic carbocycles. The molecule has 0 radical (unpaired) electrons. The molecule has 1 aliphatic carbocycles. The lowest BCUT2D eigenvalue weighted by molar-refractivity contribution is 0.245. The standard InChI is InChI=1S/C24H33N5/c1-17-23(18(2)27(3)26-17)16-29(22-7-8-22)14-19-6-9-24-20(12-19)13-21(25-24)15-28-10-4-5-11-28/h6,9,12-13,22,25H,4-5,7-8,10-11,14-16H2,1-3H3. The van der Waals surface area contributed by atoms with Gasteiger partial charge < -0.3 is 4.98 Å². The smallest absolute Gasteiger partial charge is 0.0641 e. The van der Waals surface area contributed by atoms with Crippen LogP contribution in [0.5, 0.6) is 0 Å². The first kappa shape index (κ1) is 18.9. The molecule has 2 aliphatic rings. The molecule has 5 heteroatoms. The van der Waals surface area contributed by atoms with Crippen LogP contribution in [0.15, 0.2) is 24.3 Å². The number of hydrogen-bond donors (Lipinski definition) is 1. The number of likely N-dealkylation sites (tertiary alicyclic amines) is 1. The first-order valence-corrected chi connectivity index (χ1v) is 11.1. The van der Waals surface area contributed by atoms with Crippen molar-refractivity contribution in [2.45, 2.75) is 65.2 Å². The van der Waals surface area contributed by atoms with Gasteiger partial charge in [0, 0.05) is 60.6 Å². The van der Waals surface area contributed by atoms with Gasteiger partial charge in [-0.1, -0.05) is 6.07 Å². The Balaban J connectivity index is 1.33. The summed E-state index contributed by atoms with van der Waals surface area (Å²) in [5.41, 5.74) is 7.88. The van der Waals surface area contributed by atoms with Gasteiger partial charge in [0.25, 0.3) is 0 Å². The van der Waals surface area contributed by atoms with Crippen LogP contribution in [0.3, 0.4) is 0 Å². The number of aromatic amines is 1.